The molecule has 8 nitrogen and oxygen atoms in total. The second-order valence-corrected chi connectivity index (χ2v) is 30.7. The molecular weight excluding hydrogens is 543 g/mol. The van der Waals surface area contributed by atoms with Gasteiger partial charge >= 0.3 is 10.3 Å². The molecule has 222 valence electrons. The monoisotopic (exact) mass is 599 g/mol. The molecule has 0 aromatic rings. The average Bonchev–Trinajstić information content (AvgIpc) is 2.63. The minimum atomic E-state index is -4.09. The van der Waals surface area contributed by atoms with E-state index in [0.717, 1.165) is 0 Å². The van der Waals surface area contributed by atoms with E-state index in [1.807, 2.05) is 0 Å². The molecule has 0 saturated carbocycles. The molecule has 0 aromatic heterocycles. The molecule has 0 unspecified atom stereocenters. The first-order valence-corrected chi connectivity index (χ1v) is 23.6. The molecule has 0 radical (unpaired) electrons. The van der Waals surface area contributed by atoms with Gasteiger partial charge in [0, 0.05) is 6.42 Å². The van der Waals surface area contributed by atoms with Gasteiger partial charge in [-0.3, -0.25) is 4.18 Å². The number of nitrogens with two attached hydrogens (primary N) is 1. The zero-order chi connectivity index (χ0) is 29.5. The Kier molecular flexibility index (Phi) is 11.2. The van der Waals surface area contributed by atoms with Gasteiger partial charge in [0.25, 0.3) is 0 Å². The Bertz CT molecular complexity index is 859. The molecule has 37 heavy (non-hydrogen) atoms. The highest BCUT2D eigenvalue weighted by molar-refractivity contribution is 7.84. The Morgan fingerprint density at radius 1 is 0.757 bits per heavy atom. The van der Waals surface area contributed by atoms with Crippen LogP contribution in [-0.2, 0) is 32.5 Å². The lowest BCUT2D eigenvalue weighted by Crippen LogP contribution is -2.61. The Morgan fingerprint density at radius 3 is 1.59 bits per heavy atom. The van der Waals surface area contributed by atoms with Crippen molar-refractivity contribution < 1.29 is 30.6 Å². The number of ether oxygens (including phenoxy) is 1. The molecule has 0 amide bonds. The van der Waals surface area contributed by atoms with E-state index in [-0.39, 0.29) is 33.9 Å². The highest BCUT2D eigenvalue weighted by atomic mass is 32.2. The minimum absolute atomic E-state index is 0.00700. The predicted octanol–water partition coefficient (Wildman–Crippen LogP) is 6.17. The van der Waals surface area contributed by atoms with Crippen molar-refractivity contribution in [3.63, 3.8) is 0 Å². The summed E-state index contributed by atoms with van der Waals surface area (Å²) in [5.41, 5.74) is 0. The van der Waals surface area contributed by atoms with Gasteiger partial charge < -0.3 is 18.0 Å². The predicted molar refractivity (Wildman–Crippen MR) is 160 cm³/mol. The molecule has 1 fully saturated rings. The zero-order valence-corrected chi connectivity index (χ0v) is 30.1. The molecule has 1 rings (SSSR count). The summed E-state index contributed by atoms with van der Waals surface area (Å²) < 4.78 is 55.2. The van der Waals surface area contributed by atoms with Crippen LogP contribution in [0, 0.1) is 0 Å². The van der Waals surface area contributed by atoms with Gasteiger partial charge in [0.05, 0.1) is 31.5 Å². The van der Waals surface area contributed by atoms with Crippen LogP contribution in [0.3, 0.4) is 0 Å². The fraction of sp³-hybridized carbons (Fsp3) is 1.00. The van der Waals surface area contributed by atoms with Crippen LogP contribution in [0.2, 0.25) is 54.4 Å². The van der Waals surface area contributed by atoms with E-state index < -0.39 is 47.5 Å². The summed E-state index contributed by atoms with van der Waals surface area (Å²) in [4.78, 5) is 0. The lowest BCUT2D eigenvalue weighted by Gasteiger charge is -2.50. The maximum Gasteiger partial charge on any atom is 0.333 e. The SMILES string of the molecule is CC(C)(C)[Si](C)(C)OC[C@H]1O[C@H](COS(N)(=O)=O)C[C@@H](O[Si](C)(C)C(C)(C)C)[C@@H]1O[Si](C)(C)C(C)(C)C. The van der Waals surface area contributed by atoms with Crippen LogP contribution >= 0.6 is 0 Å². The van der Waals surface area contributed by atoms with Gasteiger partial charge in [-0.05, 0) is 54.4 Å². The van der Waals surface area contributed by atoms with Crippen LogP contribution in [0.15, 0.2) is 0 Å². The summed E-state index contributed by atoms with van der Waals surface area (Å²) >= 11 is 0. The van der Waals surface area contributed by atoms with Crippen LogP contribution in [0.1, 0.15) is 68.7 Å². The Morgan fingerprint density at radius 2 is 1.19 bits per heavy atom. The van der Waals surface area contributed by atoms with Crippen molar-refractivity contribution in [2.75, 3.05) is 13.2 Å². The molecule has 1 aliphatic rings. The van der Waals surface area contributed by atoms with Crippen molar-refractivity contribution in [1.82, 2.24) is 0 Å². The largest absolute Gasteiger partial charge is 0.414 e. The van der Waals surface area contributed by atoms with Crippen LogP contribution < -0.4 is 5.14 Å². The van der Waals surface area contributed by atoms with E-state index in [0.29, 0.717) is 13.0 Å². The van der Waals surface area contributed by atoms with E-state index in [1.165, 1.54) is 0 Å². The first-order chi connectivity index (χ1) is 16.1. The third-order valence-corrected chi connectivity index (χ3v) is 22.9. The molecule has 0 aromatic carbocycles. The van der Waals surface area contributed by atoms with Gasteiger partial charge in [0.1, 0.15) is 6.10 Å². The summed E-state index contributed by atoms with van der Waals surface area (Å²) in [6.45, 7) is 33.4. The summed E-state index contributed by atoms with van der Waals surface area (Å²) in [7, 11) is -10.6. The fourth-order valence-corrected chi connectivity index (χ4v) is 7.30. The first-order valence-electron chi connectivity index (χ1n) is 13.4. The van der Waals surface area contributed by atoms with Gasteiger partial charge in [0.15, 0.2) is 25.0 Å². The van der Waals surface area contributed by atoms with Crippen molar-refractivity contribution in [3.8, 4) is 0 Å². The zero-order valence-electron chi connectivity index (χ0n) is 26.3. The van der Waals surface area contributed by atoms with E-state index >= 15 is 0 Å². The number of hydrogen-bond acceptors (Lipinski definition) is 7. The molecule has 1 heterocycles. The second-order valence-electron chi connectivity index (χ2n) is 15.1. The van der Waals surface area contributed by atoms with Gasteiger partial charge in [0.2, 0.25) is 0 Å². The number of hydrogen-bond donors (Lipinski definition) is 1. The van der Waals surface area contributed by atoms with Crippen molar-refractivity contribution in [2.45, 2.75) is 148 Å². The van der Waals surface area contributed by atoms with E-state index in [9.17, 15) is 8.42 Å². The third-order valence-electron chi connectivity index (χ3n) is 8.92. The molecule has 1 aliphatic heterocycles. The van der Waals surface area contributed by atoms with Gasteiger partial charge in [-0.15, -0.1) is 0 Å². The average molecular weight is 600 g/mol. The standard InChI is InChI=1S/C25H57NO7SSi3/c1-23(2,3)35(10,11)30-18-21-22(33-37(14,15)25(7,8)9)20(32-36(12,13)24(4,5)6)16-19(31-21)17-29-34(26,27)28/h19-22H,16-18H2,1-15H3,(H2,26,27,28)/t19-,20+,21+,22-/m0/s1. The smallest absolute Gasteiger partial charge is 0.333 e. The third kappa shape index (κ3) is 10.0. The molecule has 0 spiro atoms. The highest BCUT2D eigenvalue weighted by Gasteiger charge is 2.50. The van der Waals surface area contributed by atoms with Gasteiger partial charge in [-0.1, -0.05) is 62.3 Å². The molecule has 12 heteroatoms. The molecule has 0 bridgehead atoms. The minimum Gasteiger partial charge on any atom is -0.414 e. The lowest BCUT2D eigenvalue weighted by molar-refractivity contribution is -0.175. The number of rotatable bonds is 10. The van der Waals surface area contributed by atoms with Crippen molar-refractivity contribution in [3.05, 3.63) is 0 Å². The van der Waals surface area contributed by atoms with Crippen LogP contribution in [0.25, 0.3) is 0 Å². The summed E-state index contributed by atoms with van der Waals surface area (Å²) in [5, 5.41) is 5.15. The molecule has 4 atom stereocenters. The first kappa shape index (κ1) is 35.4. The van der Waals surface area contributed by atoms with Gasteiger partial charge in [-0.2, -0.15) is 8.42 Å². The Balaban J connectivity index is 3.49. The fourth-order valence-electron chi connectivity index (χ4n) is 3.27. The van der Waals surface area contributed by atoms with Crippen LogP contribution in [0.4, 0.5) is 0 Å². The molecular formula is C25H57NO7SSi3. The van der Waals surface area contributed by atoms with Crippen molar-refractivity contribution in [2.24, 2.45) is 5.14 Å². The highest BCUT2D eigenvalue weighted by Crippen LogP contribution is 2.44. The molecule has 2 N–H and O–H groups in total. The topological polar surface area (TPSA) is 106 Å². The van der Waals surface area contributed by atoms with Crippen molar-refractivity contribution >= 4 is 35.3 Å². The van der Waals surface area contributed by atoms with E-state index in [2.05, 4.69) is 102 Å². The van der Waals surface area contributed by atoms with E-state index in [4.69, 9.17) is 27.3 Å². The second kappa shape index (κ2) is 11.7. The Labute approximate surface area is 231 Å². The van der Waals surface area contributed by atoms with Crippen molar-refractivity contribution in [1.29, 1.82) is 0 Å². The summed E-state index contributed by atoms with van der Waals surface area (Å²) in [6, 6.07) is 0. The molecule has 1 saturated heterocycles. The molecule has 0 aliphatic carbocycles. The van der Waals surface area contributed by atoms with Crippen LogP contribution in [-0.4, -0.2) is 71.0 Å². The quantitative estimate of drug-likeness (QED) is 0.299. The maximum absolute atomic E-state index is 11.6. The van der Waals surface area contributed by atoms with E-state index in [1.54, 1.807) is 0 Å². The lowest BCUT2D eigenvalue weighted by atomic mass is 9.98. The normalized spacial score (nSPS) is 25.4. The summed E-state index contributed by atoms with van der Waals surface area (Å²) in [5.74, 6) is 0. The maximum atomic E-state index is 11.6. The van der Waals surface area contributed by atoms with Gasteiger partial charge in [-0.25, -0.2) is 5.14 Å². The van der Waals surface area contributed by atoms with Crippen LogP contribution in [0.5, 0.6) is 0 Å². The Hall–Kier alpha value is 0.361. The summed E-state index contributed by atoms with van der Waals surface area (Å²) in [6.07, 6.45) is -1.12.